The highest BCUT2D eigenvalue weighted by Gasteiger charge is 2.58. The summed E-state index contributed by atoms with van der Waals surface area (Å²) in [6, 6.07) is 14.4. The van der Waals surface area contributed by atoms with Crippen LogP contribution in [0.4, 0.5) is 9.18 Å². The molecule has 1 heterocycles. The van der Waals surface area contributed by atoms with Gasteiger partial charge >= 0.3 is 6.09 Å². The van der Waals surface area contributed by atoms with Gasteiger partial charge < -0.3 is 19.8 Å². The molecule has 1 aromatic heterocycles. The first-order valence-corrected chi connectivity index (χ1v) is 22.1. The number of carbonyl (C=O) groups excluding carboxylic acids is 2. The highest BCUT2D eigenvalue weighted by atomic mass is 35.5. The summed E-state index contributed by atoms with van der Waals surface area (Å²) < 4.78 is 21.5. The molecule has 1 amide bonds. The van der Waals surface area contributed by atoms with E-state index < -0.39 is 22.9 Å². The van der Waals surface area contributed by atoms with Crippen molar-refractivity contribution in [1.29, 1.82) is 0 Å². The van der Waals surface area contributed by atoms with Crippen LogP contribution in [-0.2, 0) is 24.0 Å². The fourth-order valence-electron chi connectivity index (χ4n) is 9.90. The van der Waals surface area contributed by atoms with Crippen molar-refractivity contribution >= 4 is 34.8 Å². The molecule has 0 saturated heterocycles. The minimum Gasteiger partial charge on any atom is -0.446 e. The number of hydrogen-bond donors (Lipinski definition) is 2. The first-order valence-electron chi connectivity index (χ1n) is 20.8. The molecule has 304 valence electrons. The fraction of sp³-hybridized carbons (Fsp3) is 0.574. The Bertz CT molecular complexity index is 1840. The third kappa shape index (κ3) is 9.62. The van der Waals surface area contributed by atoms with Crippen molar-refractivity contribution in [1.82, 2.24) is 4.90 Å². The first-order chi connectivity index (χ1) is 26.7. The molecule has 0 unspecified atom stereocenters. The Labute approximate surface area is 342 Å². The maximum absolute atomic E-state index is 15.0. The second kappa shape index (κ2) is 18.3. The highest BCUT2D eigenvalue weighted by Crippen LogP contribution is 2.59. The molecule has 4 aliphatic carbocycles. The zero-order valence-corrected chi connectivity index (χ0v) is 35.4. The average molecular weight is 807 g/mol. The number of hydrogen-bond acceptors (Lipinski definition) is 6. The van der Waals surface area contributed by atoms with E-state index in [9.17, 15) is 19.8 Å². The molecule has 2 fully saturated rings. The zero-order chi connectivity index (χ0) is 40.2. The van der Waals surface area contributed by atoms with Crippen LogP contribution < -0.4 is 0 Å². The van der Waals surface area contributed by atoms with E-state index in [0.717, 1.165) is 36.8 Å². The van der Waals surface area contributed by atoms with Gasteiger partial charge in [-0.05, 0) is 136 Å². The molecule has 56 heavy (non-hydrogen) atoms. The number of fused-ring (bicyclic) bond motifs is 8. The number of thiophene rings is 1. The molecule has 7 rings (SSSR count). The number of ether oxygens (including phenoxy) is 1. The van der Waals surface area contributed by atoms with Crippen LogP contribution >= 0.6 is 22.9 Å². The smallest absolute Gasteiger partial charge is 0.410 e. The molecule has 0 spiro atoms. The number of carbonyl (C=O) groups is 2. The van der Waals surface area contributed by atoms with Crippen molar-refractivity contribution in [2.24, 2.45) is 23.2 Å². The molecule has 6 nitrogen and oxygen atoms in total. The number of benzene rings is 2. The van der Waals surface area contributed by atoms with Gasteiger partial charge in [0.05, 0.1) is 18.2 Å². The lowest BCUT2D eigenvalue weighted by Crippen LogP contribution is -2.54. The Balaban J connectivity index is 1.38. The van der Waals surface area contributed by atoms with Gasteiger partial charge in [0, 0.05) is 39.4 Å². The Morgan fingerprint density at radius 1 is 1.09 bits per heavy atom. The lowest BCUT2D eigenvalue weighted by Gasteiger charge is -2.46. The van der Waals surface area contributed by atoms with E-state index in [0.29, 0.717) is 74.8 Å². The van der Waals surface area contributed by atoms with Crippen LogP contribution in [0.2, 0.25) is 5.02 Å². The van der Waals surface area contributed by atoms with Crippen molar-refractivity contribution in [3.05, 3.63) is 104 Å². The van der Waals surface area contributed by atoms with E-state index in [1.165, 1.54) is 22.6 Å². The number of amides is 1. The highest BCUT2D eigenvalue weighted by molar-refractivity contribution is 7.09. The summed E-state index contributed by atoms with van der Waals surface area (Å²) in [6.07, 6.45) is 8.59. The minimum absolute atomic E-state index is 0.111. The molecule has 2 aromatic carbocycles. The second-order valence-electron chi connectivity index (χ2n) is 17.7. The van der Waals surface area contributed by atoms with Gasteiger partial charge in [0.2, 0.25) is 0 Å². The fourth-order valence-corrected chi connectivity index (χ4v) is 10.8. The van der Waals surface area contributed by atoms with E-state index in [2.05, 4.69) is 46.8 Å². The Morgan fingerprint density at radius 2 is 1.89 bits per heavy atom. The summed E-state index contributed by atoms with van der Waals surface area (Å²) in [5.74, 6) is 0.133. The molecule has 0 radical (unpaired) electrons. The zero-order valence-electron chi connectivity index (χ0n) is 33.9. The Kier molecular flexibility index (Phi) is 13.9. The number of halogens is 2. The van der Waals surface area contributed by atoms with Crippen LogP contribution in [0.25, 0.3) is 0 Å². The van der Waals surface area contributed by atoms with Crippen LogP contribution in [0.3, 0.4) is 0 Å². The van der Waals surface area contributed by atoms with E-state index in [1.807, 2.05) is 29.6 Å². The summed E-state index contributed by atoms with van der Waals surface area (Å²) in [6.45, 7) is 11.4. The molecule has 4 aliphatic rings. The molecule has 7 atom stereocenters. The van der Waals surface area contributed by atoms with E-state index >= 15 is 4.39 Å². The van der Waals surface area contributed by atoms with Crippen molar-refractivity contribution in [3.63, 3.8) is 0 Å². The predicted molar refractivity (Wildman–Crippen MR) is 224 cm³/mol. The first kappa shape index (κ1) is 42.6. The normalized spacial score (nSPS) is 28.4. The van der Waals surface area contributed by atoms with Crippen LogP contribution in [0.15, 0.2) is 65.6 Å². The van der Waals surface area contributed by atoms with Crippen molar-refractivity contribution in [2.45, 2.75) is 135 Å². The third-order valence-corrected chi connectivity index (χ3v) is 14.8. The monoisotopic (exact) mass is 805 g/mol. The van der Waals surface area contributed by atoms with Gasteiger partial charge in [-0.2, -0.15) is 0 Å². The van der Waals surface area contributed by atoms with Gasteiger partial charge in [-0.15, -0.1) is 11.3 Å². The predicted octanol–water partition coefficient (Wildman–Crippen LogP) is 11.1. The van der Waals surface area contributed by atoms with Crippen LogP contribution in [0.5, 0.6) is 0 Å². The Hall–Kier alpha value is -3.04. The van der Waals surface area contributed by atoms with E-state index in [-0.39, 0.29) is 47.5 Å². The number of allylic oxidation sites excluding steroid dienone is 2. The van der Waals surface area contributed by atoms with Gasteiger partial charge in [-0.3, -0.25) is 4.79 Å². The molecular formula is C47H61ClFNO5S. The summed E-state index contributed by atoms with van der Waals surface area (Å²) in [4.78, 5) is 31.7. The molecule has 0 aliphatic heterocycles. The van der Waals surface area contributed by atoms with Gasteiger partial charge in [-0.1, -0.05) is 81.6 Å². The minimum atomic E-state index is -1.30. The summed E-state index contributed by atoms with van der Waals surface area (Å²) in [5.41, 5.74) is 1.41. The number of nitrogens with zero attached hydrogens (tertiary/aromatic N) is 1. The SMILES string of the molecule is CC1=CCC[C@@]2(C)[C@@H](CC[C@@]2(O)CN(CCc2cccs2)C(=O)O[C@H]2C[C@@H](C)CC[C@@H]2C(C)C)c2ccc(cc2C(=O)Cc2c(F)cccc2Cl)C[C@@H](O)CC1. The van der Waals surface area contributed by atoms with Gasteiger partial charge in [0.15, 0.2) is 5.78 Å². The molecule has 2 saturated carbocycles. The second-order valence-corrected chi connectivity index (χ2v) is 19.2. The summed E-state index contributed by atoms with van der Waals surface area (Å²) >= 11 is 8.08. The number of aliphatic hydroxyl groups excluding tert-OH is 1. The summed E-state index contributed by atoms with van der Waals surface area (Å²) in [7, 11) is 0. The van der Waals surface area contributed by atoms with E-state index in [4.69, 9.17) is 16.3 Å². The largest absolute Gasteiger partial charge is 0.446 e. The number of ketones is 1. The van der Waals surface area contributed by atoms with Crippen LogP contribution in [0.1, 0.15) is 130 Å². The van der Waals surface area contributed by atoms with Crippen LogP contribution in [0, 0.1) is 29.0 Å². The van der Waals surface area contributed by atoms with Crippen molar-refractivity contribution < 1.29 is 28.9 Å². The molecule has 2 N–H and O–H groups in total. The Morgan fingerprint density at radius 3 is 2.62 bits per heavy atom. The van der Waals surface area contributed by atoms with Gasteiger partial charge in [-0.25, -0.2) is 9.18 Å². The number of rotatable bonds is 10. The standard InChI is InChI=1S/C47H61ClFNO5S/c1-30(2)36-17-14-32(4)25-44(36)55-45(53)50(23-20-35-10-8-24-56-35)29-47(54)22-19-40-37-18-15-33(26-34(51)16-13-31(3)9-7-21-46(40,47)5)27-38(37)43(52)28-39-41(48)11-6-12-42(39)49/h6,8-12,15,18,24,27,30,32,34,36,40,44,51,54H,7,13-14,16-17,19-23,25-26,28-29H2,1-5H3/t32-,34-,36+,40-,44-,46-,47+/m0/s1. The quantitative estimate of drug-likeness (QED) is 0.157. The van der Waals surface area contributed by atoms with Crippen molar-refractivity contribution in [3.8, 4) is 0 Å². The maximum Gasteiger partial charge on any atom is 0.410 e. The molecule has 3 aromatic rings. The lowest BCUT2D eigenvalue weighted by atomic mass is 9.64. The van der Waals surface area contributed by atoms with Gasteiger partial charge in [0.1, 0.15) is 11.9 Å². The molecule has 2 bridgehead atoms. The maximum atomic E-state index is 15.0. The van der Waals surface area contributed by atoms with Crippen LogP contribution in [-0.4, -0.2) is 57.9 Å². The third-order valence-electron chi connectivity index (χ3n) is 13.5. The number of Topliss-reactive ketones (excluding diaryl/α,β-unsaturated/α-hetero) is 1. The summed E-state index contributed by atoms with van der Waals surface area (Å²) in [5, 5.41) is 26.4. The number of aliphatic hydroxyl groups is 2. The lowest BCUT2D eigenvalue weighted by molar-refractivity contribution is -0.0861. The van der Waals surface area contributed by atoms with Gasteiger partial charge in [0.25, 0.3) is 0 Å². The topological polar surface area (TPSA) is 87.1 Å². The van der Waals surface area contributed by atoms with E-state index in [1.54, 1.807) is 22.3 Å². The average Bonchev–Trinajstić information content (AvgIpc) is 3.76. The molecular weight excluding hydrogens is 745 g/mol. The molecule has 9 heteroatoms. The van der Waals surface area contributed by atoms with Crippen molar-refractivity contribution in [2.75, 3.05) is 13.1 Å².